The van der Waals surface area contributed by atoms with Crippen molar-refractivity contribution in [2.75, 3.05) is 24.3 Å². The molecule has 1 aromatic heterocycles. The lowest BCUT2D eigenvalue weighted by Gasteiger charge is -2.18. The fourth-order valence-electron chi connectivity index (χ4n) is 2.71. The van der Waals surface area contributed by atoms with Gasteiger partial charge in [-0.3, -0.25) is 14.9 Å². The van der Waals surface area contributed by atoms with Gasteiger partial charge in [-0.1, -0.05) is 11.8 Å². The van der Waals surface area contributed by atoms with E-state index in [0.29, 0.717) is 10.0 Å². The van der Waals surface area contributed by atoms with E-state index in [2.05, 4.69) is 10.3 Å². The maximum Gasteiger partial charge on any atom is 0.418 e. The molecule has 168 valence electrons. The summed E-state index contributed by atoms with van der Waals surface area (Å²) in [6.07, 6.45) is -4.70. The Bertz CT molecular complexity index is 1180. The van der Waals surface area contributed by atoms with Crippen LogP contribution in [0, 0.1) is 17.0 Å². The third-order valence-electron chi connectivity index (χ3n) is 4.29. The van der Waals surface area contributed by atoms with Gasteiger partial charge in [0.1, 0.15) is 0 Å². The fourth-order valence-corrected chi connectivity index (χ4v) is 4.59. The van der Waals surface area contributed by atoms with Crippen LogP contribution in [0.15, 0.2) is 51.0 Å². The van der Waals surface area contributed by atoms with Crippen LogP contribution in [0.1, 0.15) is 21.6 Å². The third kappa shape index (κ3) is 5.37. The first kappa shape index (κ1) is 23.5. The number of alkyl halides is 3. The number of aryl methyl sites for hydroxylation is 1. The van der Waals surface area contributed by atoms with Gasteiger partial charge in [-0.05, 0) is 37.3 Å². The van der Waals surface area contributed by atoms with E-state index in [1.165, 1.54) is 34.4 Å². The molecule has 0 aliphatic heterocycles. The standard InChI is InChI=1S/C20H17F3N4O3S2/c1-11-10-31-19(24-11)32-17-7-4-12(8-16(17)27(29)30)18(28)25-15-6-5-13(26(2)3)9-14(15)20(21,22)23/h4-10H,1-3H3,(H,25,28). The van der Waals surface area contributed by atoms with Crippen LogP contribution in [0.4, 0.5) is 30.2 Å². The van der Waals surface area contributed by atoms with Gasteiger partial charge in [-0.15, -0.1) is 11.3 Å². The summed E-state index contributed by atoms with van der Waals surface area (Å²) in [7, 11) is 3.19. The first-order chi connectivity index (χ1) is 15.0. The van der Waals surface area contributed by atoms with E-state index in [-0.39, 0.29) is 16.1 Å². The van der Waals surface area contributed by atoms with Crippen molar-refractivity contribution >= 4 is 46.1 Å². The van der Waals surface area contributed by atoms with Gasteiger partial charge in [0.05, 0.1) is 21.1 Å². The normalized spacial score (nSPS) is 11.3. The maximum atomic E-state index is 13.5. The highest BCUT2D eigenvalue weighted by Gasteiger charge is 2.34. The van der Waals surface area contributed by atoms with Crippen molar-refractivity contribution in [1.29, 1.82) is 0 Å². The number of nitro benzene ring substituents is 1. The second kappa shape index (κ2) is 9.17. The van der Waals surface area contributed by atoms with Crippen LogP contribution in [-0.2, 0) is 6.18 Å². The van der Waals surface area contributed by atoms with Gasteiger partial charge in [-0.2, -0.15) is 13.2 Å². The van der Waals surface area contributed by atoms with Crippen LogP contribution >= 0.6 is 23.1 Å². The molecule has 3 rings (SSSR count). The van der Waals surface area contributed by atoms with E-state index in [1.54, 1.807) is 26.4 Å². The van der Waals surface area contributed by atoms with Crippen LogP contribution in [-0.4, -0.2) is 29.9 Å². The zero-order valence-electron chi connectivity index (χ0n) is 17.1. The Labute approximate surface area is 189 Å². The summed E-state index contributed by atoms with van der Waals surface area (Å²) in [4.78, 5) is 29.5. The fraction of sp³-hybridized carbons (Fsp3) is 0.200. The number of halogens is 3. The largest absolute Gasteiger partial charge is 0.418 e. The molecular formula is C20H17F3N4O3S2. The lowest BCUT2D eigenvalue weighted by molar-refractivity contribution is -0.387. The van der Waals surface area contributed by atoms with Crippen LogP contribution in [0.3, 0.4) is 0 Å². The quantitative estimate of drug-likeness (QED) is 0.350. The van der Waals surface area contributed by atoms with Crippen LogP contribution in [0.2, 0.25) is 0 Å². The SMILES string of the molecule is Cc1csc(Sc2ccc(C(=O)Nc3ccc(N(C)C)cc3C(F)(F)F)cc2[N+](=O)[O-])n1. The molecule has 1 amide bonds. The molecule has 0 saturated carbocycles. The number of benzene rings is 2. The number of nitro groups is 1. The van der Waals surface area contributed by atoms with Gasteiger partial charge in [-0.25, -0.2) is 4.98 Å². The minimum atomic E-state index is -4.70. The molecule has 0 aliphatic rings. The van der Waals surface area contributed by atoms with Crippen molar-refractivity contribution in [3.05, 3.63) is 68.7 Å². The monoisotopic (exact) mass is 482 g/mol. The Kier molecular flexibility index (Phi) is 6.74. The summed E-state index contributed by atoms with van der Waals surface area (Å²) >= 11 is 2.40. The molecule has 7 nitrogen and oxygen atoms in total. The Morgan fingerprint density at radius 3 is 2.50 bits per heavy atom. The molecule has 32 heavy (non-hydrogen) atoms. The number of rotatable bonds is 6. The van der Waals surface area contributed by atoms with Crippen LogP contribution < -0.4 is 10.2 Å². The summed E-state index contributed by atoms with van der Waals surface area (Å²) in [5.74, 6) is -0.891. The van der Waals surface area contributed by atoms with Crippen molar-refractivity contribution in [2.45, 2.75) is 22.3 Å². The summed E-state index contributed by atoms with van der Waals surface area (Å²) in [6.45, 7) is 1.79. The summed E-state index contributed by atoms with van der Waals surface area (Å²) < 4.78 is 41.1. The molecule has 0 unspecified atom stereocenters. The van der Waals surface area contributed by atoms with Crippen LogP contribution in [0.25, 0.3) is 0 Å². The Morgan fingerprint density at radius 1 is 1.22 bits per heavy atom. The Hall–Kier alpha value is -3.12. The predicted octanol–water partition coefficient (Wildman–Crippen LogP) is 5.85. The van der Waals surface area contributed by atoms with Gasteiger partial charge in [0, 0.05) is 42.5 Å². The van der Waals surface area contributed by atoms with E-state index in [9.17, 15) is 28.1 Å². The van der Waals surface area contributed by atoms with E-state index >= 15 is 0 Å². The molecule has 0 fully saturated rings. The summed E-state index contributed by atoms with van der Waals surface area (Å²) in [6, 6.07) is 7.26. The lowest BCUT2D eigenvalue weighted by atomic mass is 10.1. The highest BCUT2D eigenvalue weighted by Crippen LogP contribution is 2.39. The number of carbonyl (C=O) groups is 1. The van der Waals surface area contributed by atoms with Crippen LogP contribution in [0.5, 0.6) is 0 Å². The Balaban J connectivity index is 1.91. The van der Waals surface area contributed by atoms with Crippen molar-refractivity contribution in [2.24, 2.45) is 0 Å². The molecule has 2 aromatic carbocycles. The highest BCUT2D eigenvalue weighted by molar-refractivity contribution is 8.01. The highest BCUT2D eigenvalue weighted by atomic mass is 32.2. The van der Waals surface area contributed by atoms with Gasteiger partial charge >= 0.3 is 6.18 Å². The van der Waals surface area contributed by atoms with Gasteiger partial charge in [0.2, 0.25) is 0 Å². The van der Waals surface area contributed by atoms with Crippen molar-refractivity contribution in [3.8, 4) is 0 Å². The smallest absolute Gasteiger partial charge is 0.378 e. The molecule has 0 saturated heterocycles. The number of hydrogen-bond donors (Lipinski definition) is 1. The molecule has 3 aromatic rings. The zero-order chi connectivity index (χ0) is 23.6. The first-order valence-electron chi connectivity index (χ1n) is 9.04. The van der Waals surface area contributed by atoms with Crippen molar-refractivity contribution in [1.82, 2.24) is 4.98 Å². The topological polar surface area (TPSA) is 88.4 Å². The number of amides is 1. The van der Waals surface area contributed by atoms with E-state index in [1.807, 2.05) is 0 Å². The zero-order valence-corrected chi connectivity index (χ0v) is 18.7. The van der Waals surface area contributed by atoms with Gasteiger partial charge in [0.25, 0.3) is 11.6 Å². The second-order valence-electron chi connectivity index (χ2n) is 6.87. The number of thiazole rings is 1. The average molecular weight is 483 g/mol. The lowest BCUT2D eigenvalue weighted by Crippen LogP contribution is -2.18. The number of anilines is 2. The molecular weight excluding hydrogens is 465 g/mol. The number of aromatic nitrogens is 1. The minimum Gasteiger partial charge on any atom is -0.378 e. The second-order valence-corrected chi connectivity index (χ2v) is 9.02. The molecule has 12 heteroatoms. The Morgan fingerprint density at radius 2 is 1.94 bits per heavy atom. The molecule has 0 atom stereocenters. The molecule has 1 N–H and O–H groups in total. The first-order valence-corrected chi connectivity index (χ1v) is 10.7. The van der Waals surface area contributed by atoms with E-state index < -0.39 is 28.3 Å². The number of nitrogens with zero attached hydrogens (tertiary/aromatic N) is 3. The predicted molar refractivity (Wildman–Crippen MR) is 118 cm³/mol. The maximum absolute atomic E-state index is 13.5. The molecule has 1 heterocycles. The molecule has 0 spiro atoms. The molecule has 0 bridgehead atoms. The van der Waals surface area contributed by atoms with E-state index in [4.69, 9.17) is 0 Å². The summed E-state index contributed by atoms with van der Waals surface area (Å²) in [5, 5.41) is 15.5. The van der Waals surface area contributed by atoms with Crippen molar-refractivity contribution in [3.63, 3.8) is 0 Å². The summed E-state index contributed by atoms with van der Waals surface area (Å²) in [5.41, 5.74) is -0.845. The van der Waals surface area contributed by atoms with E-state index in [0.717, 1.165) is 35.7 Å². The van der Waals surface area contributed by atoms with Gasteiger partial charge < -0.3 is 10.2 Å². The van der Waals surface area contributed by atoms with Crippen molar-refractivity contribution < 1.29 is 22.9 Å². The number of carbonyl (C=O) groups excluding carboxylic acids is 1. The third-order valence-corrected chi connectivity index (χ3v) is 6.41. The number of nitrogens with one attached hydrogen (secondary N) is 1. The molecule has 0 aliphatic carbocycles. The molecule has 0 radical (unpaired) electrons. The minimum absolute atomic E-state index is 0.138. The average Bonchev–Trinajstić information content (AvgIpc) is 3.12. The number of hydrogen-bond acceptors (Lipinski definition) is 7. The van der Waals surface area contributed by atoms with Gasteiger partial charge in [0.15, 0.2) is 4.34 Å².